The quantitative estimate of drug-likeness (QED) is 0.825. The maximum absolute atomic E-state index is 12.6. The Kier molecular flexibility index (Phi) is 2.72. The average Bonchev–Trinajstić information content (AvgIpc) is 2.84. The lowest BCUT2D eigenvalue weighted by Crippen LogP contribution is -2.23. The molecule has 0 bridgehead atoms. The van der Waals surface area contributed by atoms with E-state index in [1.165, 1.54) is 0 Å². The first-order valence-electron chi connectivity index (χ1n) is 4.68. The number of aromatic nitrogens is 2. The first-order chi connectivity index (χ1) is 7.65. The molecule has 2 aromatic rings. The molecule has 2 heterocycles. The van der Waals surface area contributed by atoms with Crippen LogP contribution >= 0.6 is 0 Å². The third kappa shape index (κ3) is 2.28. The van der Waals surface area contributed by atoms with Crippen LogP contribution in [0.5, 0.6) is 0 Å². The van der Waals surface area contributed by atoms with Gasteiger partial charge in [0.15, 0.2) is 0 Å². The van der Waals surface area contributed by atoms with Crippen molar-refractivity contribution in [1.82, 2.24) is 15.3 Å². The maximum atomic E-state index is 12.6. The topological polar surface area (TPSA) is 70.9 Å². The molecular formula is C10H10FN3O2. The van der Waals surface area contributed by atoms with Crippen molar-refractivity contribution in [3.8, 4) is 0 Å². The predicted molar refractivity (Wildman–Crippen MR) is 53.2 cm³/mol. The maximum Gasteiger partial charge on any atom is 0.268 e. The van der Waals surface area contributed by atoms with Gasteiger partial charge in [0.2, 0.25) is 5.89 Å². The van der Waals surface area contributed by atoms with Crippen LogP contribution < -0.4 is 5.32 Å². The second-order valence-electron chi connectivity index (χ2n) is 3.28. The number of carbonyl (C=O) groups excluding carboxylic acids is 1. The van der Waals surface area contributed by atoms with E-state index in [0.717, 1.165) is 12.3 Å². The molecule has 84 valence electrons. The van der Waals surface area contributed by atoms with E-state index in [4.69, 9.17) is 4.42 Å². The van der Waals surface area contributed by atoms with Crippen molar-refractivity contribution < 1.29 is 13.6 Å². The van der Waals surface area contributed by atoms with Crippen molar-refractivity contribution in [2.24, 2.45) is 0 Å². The monoisotopic (exact) mass is 223 g/mol. The molecule has 1 amide bonds. The van der Waals surface area contributed by atoms with Crippen LogP contribution in [0.1, 0.15) is 22.1 Å². The number of H-pyrrole nitrogens is 1. The molecule has 0 aromatic carbocycles. The Labute approximate surface area is 90.7 Å². The number of rotatable bonds is 3. The highest BCUT2D eigenvalue weighted by Crippen LogP contribution is 2.03. The second kappa shape index (κ2) is 4.18. The number of amides is 1. The van der Waals surface area contributed by atoms with Gasteiger partial charge in [0.1, 0.15) is 17.3 Å². The van der Waals surface area contributed by atoms with E-state index >= 15 is 0 Å². The van der Waals surface area contributed by atoms with Gasteiger partial charge in [-0.05, 0) is 6.92 Å². The van der Waals surface area contributed by atoms with Crippen LogP contribution in [0.2, 0.25) is 0 Å². The first-order valence-corrected chi connectivity index (χ1v) is 4.68. The molecule has 5 nitrogen and oxygen atoms in total. The van der Waals surface area contributed by atoms with Gasteiger partial charge in [-0.3, -0.25) is 4.79 Å². The van der Waals surface area contributed by atoms with Crippen LogP contribution in [0.3, 0.4) is 0 Å². The van der Waals surface area contributed by atoms with E-state index in [1.807, 2.05) is 0 Å². The zero-order chi connectivity index (χ0) is 11.5. The highest BCUT2D eigenvalue weighted by atomic mass is 19.1. The molecule has 0 aliphatic rings. The number of carbonyl (C=O) groups is 1. The molecule has 6 heteroatoms. The minimum atomic E-state index is -0.475. The van der Waals surface area contributed by atoms with Crippen molar-refractivity contribution in [2.75, 3.05) is 0 Å². The molecular weight excluding hydrogens is 213 g/mol. The molecule has 0 aliphatic heterocycles. The number of hydrogen-bond acceptors (Lipinski definition) is 3. The molecule has 0 spiro atoms. The highest BCUT2D eigenvalue weighted by molar-refractivity contribution is 5.92. The number of aromatic amines is 1. The van der Waals surface area contributed by atoms with E-state index in [-0.39, 0.29) is 12.2 Å². The van der Waals surface area contributed by atoms with E-state index in [0.29, 0.717) is 11.7 Å². The Hall–Kier alpha value is -2.11. The fourth-order valence-corrected chi connectivity index (χ4v) is 1.23. The standard InChI is InChI=1S/C10H10FN3O2/c1-6-3-13-9(16-6)5-14-10(15)8-2-7(11)4-12-8/h2-4,12H,5H2,1H3,(H,14,15). The van der Waals surface area contributed by atoms with Crippen LogP contribution in [0, 0.1) is 12.7 Å². The van der Waals surface area contributed by atoms with Crippen molar-refractivity contribution in [3.63, 3.8) is 0 Å². The molecule has 0 atom stereocenters. The Morgan fingerprint density at radius 2 is 2.50 bits per heavy atom. The zero-order valence-corrected chi connectivity index (χ0v) is 8.58. The lowest BCUT2D eigenvalue weighted by Gasteiger charge is -1.99. The van der Waals surface area contributed by atoms with Crippen LogP contribution in [0.25, 0.3) is 0 Å². The van der Waals surface area contributed by atoms with Crippen LogP contribution in [0.15, 0.2) is 22.9 Å². The van der Waals surface area contributed by atoms with Gasteiger partial charge in [0, 0.05) is 12.3 Å². The predicted octanol–water partition coefficient (Wildman–Crippen LogP) is 1.38. The molecule has 2 aromatic heterocycles. The molecule has 0 saturated carbocycles. The molecule has 16 heavy (non-hydrogen) atoms. The van der Waals surface area contributed by atoms with Gasteiger partial charge in [-0.1, -0.05) is 0 Å². The summed E-state index contributed by atoms with van der Waals surface area (Å²) in [5.74, 6) is 0.213. The minimum absolute atomic E-state index is 0.167. The van der Waals surface area contributed by atoms with Crippen molar-refractivity contribution in [2.45, 2.75) is 13.5 Å². The van der Waals surface area contributed by atoms with Crippen LogP contribution in [-0.4, -0.2) is 15.9 Å². The summed E-state index contributed by atoms with van der Waals surface area (Å²) in [5.41, 5.74) is 0.167. The van der Waals surface area contributed by atoms with Gasteiger partial charge in [0.25, 0.3) is 5.91 Å². The molecule has 2 rings (SSSR count). The second-order valence-corrected chi connectivity index (χ2v) is 3.28. The molecule has 0 saturated heterocycles. The lowest BCUT2D eigenvalue weighted by atomic mass is 10.4. The number of hydrogen-bond donors (Lipinski definition) is 2. The summed E-state index contributed by atoms with van der Waals surface area (Å²) in [6, 6.07) is 1.12. The Bertz CT molecular complexity index is 504. The van der Waals surface area contributed by atoms with Gasteiger partial charge in [0.05, 0.1) is 12.7 Å². The SMILES string of the molecule is Cc1cnc(CNC(=O)c2cc(F)c[nH]2)o1. The summed E-state index contributed by atoms with van der Waals surface area (Å²) < 4.78 is 17.8. The van der Waals surface area contributed by atoms with E-state index in [9.17, 15) is 9.18 Å². The summed E-state index contributed by atoms with van der Waals surface area (Å²) in [6.07, 6.45) is 2.68. The van der Waals surface area contributed by atoms with Crippen LogP contribution in [-0.2, 0) is 6.54 Å². The molecule has 2 N–H and O–H groups in total. The fourth-order valence-electron chi connectivity index (χ4n) is 1.23. The number of halogens is 1. The number of oxazole rings is 1. The van der Waals surface area contributed by atoms with Crippen molar-refractivity contribution >= 4 is 5.91 Å². The summed E-state index contributed by atoms with van der Waals surface area (Å²) in [5, 5.41) is 2.55. The molecule has 0 fully saturated rings. The number of nitrogens with one attached hydrogen (secondary N) is 2. The number of nitrogens with zero attached hydrogens (tertiary/aromatic N) is 1. The summed E-state index contributed by atoms with van der Waals surface area (Å²) in [4.78, 5) is 17.9. The fraction of sp³-hybridized carbons (Fsp3) is 0.200. The Morgan fingerprint density at radius 3 is 3.06 bits per heavy atom. The third-order valence-corrected chi connectivity index (χ3v) is 1.96. The van der Waals surface area contributed by atoms with Gasteiger partial charge < -0.3 is 14.7 Å². The van der Waals surface area contributed by atoms with Gasteiger partial charge >= 0.3 is 0 Å². The Balaban J connectivity index is 1.93. The minimum Gasteiger partial charge on any atom is -0.444 e. The van der Waals surface area contributed by atoms with E-state index in [1.54, 1.807) is 13.1 Å². The zero-order valence-electron chi connectivity index (χ0n) is 8.58. The molecule has 0 aliphatic carbocycles. The Morgan fingerprint density at radius 1 is 1.69 bits per heavy atom. The highest BCUT2D eigenvalue weighted by Gasteiger charge is 2.09. The van der Waals surface area contributed by atoms with Crippen molar-refractivity contribution in [3.05, 3.63) is 41.6 Å². The van der Waals surface area contributed by atoms with Crippen molar-refractivity contribution in [1.29, 1.82) is 0 Å². The normalized spacial score (nSPS) is 10.4. The average molecular weight is 223 g/mol. The van der Waals surface area contributed by atoms with Gasteiger partial charge in [-0.25, -0.2) is 9.37 Å². The smallest absolute Gasteiger partial charge is 0.268 e. The largest absolute Gasteiger partial charge is 0.444 e. The van der Waals surface area contributed by atoms with E-state index in [2.05, 4.69) is 15.3 Å². The van der Waals surface area contributed by atoms with Gasteiger partial charge in [-0.15, -0.1) is 0 Å². The summed E-state index contributed by atoms with van der Waals surface area (Å²) in [7, 11) is 0. The lowest BCUT2D eigenvalue weighted by molar-refractivity contribution is 0.0942. The van der Waals surface area contributed by atoms with E-state index < -0.39 is 11.7 Å². The summed E-state index contributed by atoms with van der Waals surface area (Å²) >= 11 is 0. The third-order valence-electron chi connectivity index (χ3n) is 1.96. The van der Waals surface area contributed by atoms with Crippen LogP contribution in [0.4, 0.5) is 4.39 Å². The molecule has 0 unspecified atom stereocenters. The summed E-state index contributed by atoms with van der Waals surface area (Å²) in [6.45, 7) is 1.94. The van der Waals surface area contributed by atoms with Gasteiger partial charge in [-0.2, -0.15) is 0 Å². The molecule has 0 radical (unpaired) electrons. The number of aryl methyl sites for hydroxylation is 1. The first kappa shape index (κ1) is 10.4.